The number of likely N-dealkylation sites (tertiary alicyclic amines) is 1. The molecule has 1 rings (SSSR count). The Morgan fingerprint density at radius 3 is 2.52 bits per heavy atom. The van der Waals surface area contributed by atoms with Crippen LogP contribution >= 0.6 is 0 Å². The molecule has 0 aromatic carbocycles. The normalized spacial score (nSPS) is 19.1. The quantitative estimate of drug-likeness (QED) is 0.444. The number of aliphatic hydroxyl groups is 1. The number of carbonyl (C=O) groups excluding carboxylic acids is 3. The van der Waals surface area contributed by atoms with Crippen LogP contribution in [0.15, 0.2) is 0 Å². The van der Waals surface area contributed by atoms with E-state index in [-0.39, 0.29) is 36.8 Å². The van der Waals surface area contributed by atoms with Crippen molar-refractivity contribution in [2.45, 2.75) is 84.2 Å². The lowest BCUT2D eigenvalue weighted by molar-refractivity contribution is -0.139. The van der Waals surface area contributed by atoms with Crippen molar-refractivity contribution in [3.05, 3.63) is 0 Å². The second kappa shape index (κ2) is 12.0. The summed E-state index contributed by atoms with van der Waals surface area (Å²) in [5.41, 5.74) is 5.32. The third-order valence-electron chi connectivity index (χ3n) is 5.17. The molecule has 3 atom stereocenters. The van der Waals surface area contributed by atoms with Crippen LogP contribution in [0, 0.1) is 11.8 Å². The topological polar surface area (TPSA) is 113 Å². The Morgan fingerprint density at radius 2 is 1.96 bits per heavy atom. The molecule has 0 saturated carbocycles. The number of rotatable bonds is 12. The summed E-state index contributed by atoms with van der Waals surface area (Å²) < 4.78 is 0. The van der Waals surface area contributed by atoms with E-state index in [4.69, 9.17) is 5.73 Å². The average Bonchev–Trinajstić information content (AvgIpc) is 3.07. The summed E-state index contributed by atoms with van der Waals surface area (Å²) in [6, 6.07) is -0.804. The van der Waals surface area contributed by atoms with Crippen LogP contribution < -0.4 is 11.1 Å². The zero-order valence-corrected chi connectivity index (χ0v) is 17.1. The molecule has 1 saturated heterocycles. The number of carbonyl (C=O) groups is 3. The summed E-state index contributed by atoms with van der Waals surface area (Å²) >= 11 is 0. The molecule has 0 aliphatic carbocycles. The minimum absolute atomic E-state index is 0.00111. The van der Waals surface area contributed by atoms with Gasteiger partial charge in [0.1, 0.15) is 6.04 Å². The third kappa shape index (κ3) is 7.87. The minimum atomic E-state index is -0.633. The van der Waals surface area contributed by atoms with Gasteiger partial charge < -0.3 is 21.1 Å². The van der Waals surface area contributed by atoms with E-state index in [1.165, 1.54) is 0 Å². The molecule has 0 aromatic heterocycles. The summed E-state index contributed by atoms with van der Waals surface area (Å²) in [6.07, 6.45) is 5.63. The number of nitrogens with one attached hydrogen (secondary N) is 1. The van der Waals surface area contributed by atoms with Crippen LogP contribution in [-0.4, -0.2) is 53.0 Å². The third-order valence-corrected chi connectivity index (χ3v) is 5.17. The summed E-state index contributed by atoms with van der Waals surface area (Å²) in [5, 5.41) is 12.4. The first-order valence-corrected chi connectivity index (χ1v) is 10.3. The van der Waals surface area contributed by atoms with E-state index in [2.05, 4.69) is 12.2 Å². The fourth-order valence-electron chi connectivity index (χ4n) is 3.71. The van der Waals surface area contributed by atoms with Crippen LogP contribution in [0.1, 0.15) is 72.1 Å². The van der Waals surface area contributed by atoms with E-state index in [9.17, 15) is 19.5 Å². The smallest absolute Gasteiger partial charge is 0.245 e. The van der Waals surface area contributed by atoms with Gasteiger partial charge in [-0.05, 0) is 31.6 Å². The molecule has 4 N–H and O–H groups in total. The van der Waals surface area contributed by atoms with Gasteiger partial charge in [0.25, 0.3) is 0 Å². The maximum Gasteiger partial charge on any atom is 0.245 e. The molecular weight excluding hydrogens is 346 g/mol. The second-order valence-corrected chi connectivity index (χ2v) is 8.06. The molecular formula is C20H37N3O4. The Morgan fingerprint density at radius 1 is 1.26 bits per heavy atom. The van der Waals surface area contributed by atoms with Crippen LogP contribution in [0.2, 0.25) is 0 Å². The van der Waals surface area contributed by atoms with Gasteiger partial charge in [-0.25, -0.2) is 0 Å². The first kappa shape index (κ1) is 23.4. The van der Waals surface area contributed by atoms with Gasteiger partial charge in [0, 0.05) is 18.9 Å². The molecule has 1 fully saturated rings. The number of primary amides is 1. The molecule has 7 heteroatoms. The van der Waals surface area contributed by atoms with Crippen molar-refractivity contribution < 1.29 is 19.5 Å². The molecule has 0 radical (unpaired) electrons. The lowest BCUT2D eigenvalue weighted by Gasteiger charge is -2.30. The van der Waals surface area contributed by atoms with Gasteiger partial charge in [0.15, 0.2) is 0 Å². The number of aliphatic hydroxyl groups excluding tert-OH is 1. The molecule has 0 unspecified atom stereocenters. The molecule has 156 valence electrons. The van der Waals surface area contributed by atoms with Gasteiger partial charge in [0.05, 0.1) is 12.6 Å². The molecule has 27 heavy (non-hydrogen) atoms. The standard InChI is InChI=1S/C20H37N3O4/c1-4-5-6-8-15(12-18(21)25)19(26)22-17(11-14(2)3)20(27)23-10-7-9-16(23)13-24/h14-17,24H,4-13H2,1-3H3,(H2,21,25)(H,22,26)/t15-,16+,17+/m1/s1. The summed E-state index contributed by atoms with van der Waals surface area (Å²) in [7, 11) is 0. The maximum atomic E-state index is 13.0. The second-order valence-electron chi connectivity index (χ2n) is 8.06. The Labute approximate surface area is 163 Å². The highest BCUT2D eigenvalue weighted by Gasteiger charge is 2.34. The van der Waals surface area contributed by atoms with Crippen molar-refractivity contribution >= 4 is 17.7 Å². The number of hydrogen-bond donors (Lipinski definition) is 3. The van der Waals surface area contributed by atoms with Crippen LogP contribution in [0.4, 0.5) is 0 Å². The van der Waals surface area contributed by atoms with Gasteiger partial charge in [0.2, 0.25) is 17.7 Å². The Kier molecular flexibility index (Phi) is 10.4. The first-order chi connectivity index (χ1) is 12.8. The molecule has 1 aliphatic rings. The van der Waals surface area contributed by atoms with Gasteiger partial charge in [-0.2, -0.15) is 0 Å². The van der Waals surface area contributed by atoms with E-state index in [0.717, 1.165) is 32.1 Å². The summed E-state index contributed by atoms with van der Waals surface area (Å²) in [6.45, 7) is 6.63. The van der Waals surface area contributed by atoms with E-state index in [1.807, 2.05) is 13.8 Å². The van der Waals surface area contributed by atoms with Gasteiger partial charge in [-0.3, -0.25) is 14.4 Å². The number of hydrogen-bond acceptors (Lipinski definition) is 4. The molecule has 1 heterocycles. The SMILES string of the molecule is CCCCC[C@H](CC(N)=O)C(=O)N[C@@H](CC(C)C)C(=O)N1CCC[C@H]1CO. The Hall–Kier alpha value is -1.63. The predicted octanol–water partition coefficient (Wildman–Crippen LogP) is 1.57. The average molecular weight is 384 g/mol. The van der Waals surface area contributed by atoms with E-state index >= 15 is 0 Å². The first-order valence-electron chi connectivity index (χ1n) is 10.3. The van der Waals surface area contributed by atoms with Crippen LogP contribution in [0.25, 0.3) is 0 Å². The fourth-order valence-corrected chi connectivity index (χ4v) is 3.71. The minimum Gasteiger partial charge on any atom is -0.394 e. The van der Waals surface area contributed by atoms with Crippen LogP contribution in [0.5, 0.6) is 0 Å². The highest BCUT2D eigenvalue weighted by atomic mass is 16.3. The van der Waals surface area contributed by atoms with Gasteiger partial charge >= 0.3 is 0 Å². The van der Waals surface area contributed by atoms with Crippen molar-refractivity contribution in [3.8, 4) is 0 Å². The van der Waals surface area contributed by atoms with E-state index < -0.39 is 17.9 Å². The molecule has 3 amide bonds. The number of unbranched alkanes of at least 4 members (excludes halogenated alkanes) is 2. The van der Waals surface area contributed by atoms with Crippen LogP contribution in [0.3, 0.4) is 0 Å². The largest absolute Gasteiger partial charge is 0.394 e. The van der Waals surface area contributed by atoms with Gasteiger partial charge in [-0.1, -0.05) is 40.0 Å². The van der Waals surface area contributed by atoms with Crippen molar-refractivity contribution in [1.82, 2.24) is 10.2 Å². The lowest BCUT2D eigenvalue weighted by atomic mass is 9.95. The van der Waals surface area contributed by atoms with Crippen molar-refractivity contribution in [1.29, 1.82) is 0 Å². The molecule has 0 aromatic rings. The summed E-state index contributed by atoms with van der Waals surface area (Å²) in [4.78, 5) is 38.9. The Bertz CT molecular complexity index is 496. The van der Waals surface area contributed by atoms with Gasteiger partial charge in [-0.15, -0.1) is 0 Å². The zero-order valence-electron chi connectivity index (χ0n) is 17.1. The highest BCUT2D eigenvalue weighted by molar-refractivity contribution is 5.90. The zero-order chi connectivity index (χ0) is 20.4. The molecule has 7 nitrogen and oxygen atoms in total. The molecule has 0 spiro atoms. The monoisotopic (exact) mass is 383 g/mol. The highest BCUT2D eigenvalue weighted by Crippen LogP contribution is 2.21. The van der Waals surface area contributed by atoms with Crippen LogP contribution in [-0.2, 0) is 14.4 Å². The number of nitrogens with two attached hydrogens (primary N) is 1. The molecule has 0 bridgehead atoms. The van der Waals surface area contributed by atoms with E-state index in [1.54, 1.807) is 4.90 Å². The predicted molar refractivity (Wildman–Crippen MR) is 105 cm³/mol. The van der Waals surface area contributed by atoms with E-state index in [0.29, 0.717) is 19.4 Å². The van der Waals surface area contributed by atoms with Crippen molar-refractivity contribution in [2.24, 2.45) is 17.6 Å². The summed E-state index contributed by atoms with van der Waals surface area (Å²) in [5.74, 6) is -1.19. The van der Waals surface area contributed by atoms with Crippen molar-refractivity contribution in [3.63, 3.8) is 0 Å². The Balaban J connectivity index is 2.83. The number of nitrogens with zero attached hydrogens (tertiary/aromatic N) is 1. The number of amides is 3. The molecule has 1 aliphatic heterocycles. The maximum absolute atomic E-state index is 13.0. The lowest BCUT2D eigenvalue weighted by Crippen LogP contribution is -2.52. The fraction of sp³-hybridized carbons (Fsp3) is 0.850. The van der Waals surface area contributed by atoms with Crippen molar-refractivity contribution in [2.75, 3.05) is 13.2 Å².